The van der Waals surface area contributed by atoms with Gasteiger partial charge in [0, 0.05) is 10.0 Å². The van der Waals surface area contributed by atoms with Crippen LogP contribution in [0.1, 0.15) is 11.6 Å². The molecule has 2 rings (SSSR count). The summed E-state index contributed by atoms with van der Waals surface area (Å²) in [5.41, 5.74) is 5.74. The van der Waals surface area contributed by atoms with Gasteiger partial charge in [-0.3, -0.25) is 4.79 Å². The lowest BCUT2D eigenvalue weighted by Gasteiger charge is -2.19. The largest absolute Gasteiger partial charge is 0.368 e. The Labute approximate surface area is 122 Å². The van der Waals surface area contributed by atoms with Crippen LogP contribution in [0.2, 0.25) is 0 Å². The maximum Gasteiger partial charge on any atom is 0.244 e. The van der Waals surface area contributed by atoms with Crippen LogP contribution in [0.5, 0.6) is 0 Å². The van der Waals surface area contributed by atoms with Crippen molar-refractivity contribution in [2.45, 2.75) is 6.04 Å². The second-order valence-corrected chi connectivity index (χ2v) is 4.98. The molecule has 0 heterocycles. The fourth-order valence-electron chi connectivity index (χ4n) is 1.77. The first-order chi connectivity index (χ1) is 9.49. The Hall–Kier alpha value is -1.95. The third kappa shape index (κ3) is 3.14. The highest BCUT2D eigenvalue weighted by Crippen LogP contribution is 2.28. The van der Waals surface area contributed by atoms with Crippen LogP contribution in [0.15, 0.2) is 46.9 Å². The van der Waals surface area contributed by atoms with Gasteiger partial charge >= 0.3 is 0 Å². The van der Waals surface area contributed by atoms with Crippen LogP contribution in [0.3, 0.4) is 0 Å². The number of amides is 1. The maximum atomic E-state index is 13.6. The van der Waals surface area contributed by atoms with Crippen molar-refractivity contribution in [1.82, 2.24) is 0 Å². The average molecular weight is 341 g/mol. The number of nitrogens with two attached hydrogens (primary N) is 1. The number of carbonyl (C=O) groups is 1. The molecule has 3 nitrogen and oxygen atoms in total. The Bertz CT molecular complexity index is 649. The van der Waals surface area contributed by atoms with Crippen molar-refractivity contribution in [1.29, 1.82) is 0 Å². The van der Waals surface area contributed by atoms with Gasteiger partial charge in [0.25, 0.3) is 0 Å². The molecule has 2 aromatic rings. The molecule has 0 radical (unpaired) electrons. The minimum atomic E-state index is -1.04. The molecule has 0 saturated carbocycles. The lowest BCUT2D eigenvalue weighted by Crippen LogP contribution is -2.28. The summed E-state index contributed by atoms with van der Waals surface area (Å²) in [4.78, 5) is 11.6. The number of hydrogen-bond donors (Lipinski definition) is 2. The van der Waals surface area contributed by atoms with Gasteiger partial charge in [-0.05, 0) is 30.3 Å². The van der Waals surface area contributed by atoms with Crippen LogP contribution in [-0.2, 0) is 4.79 Å². The molecule has 1 atom stereocenters. The fraction of sp³-hybridized carbons (Fsp3) is 0.0714. The van der Waals surface area contributed by atoms with Crippen LogP contribution >= 0.6 is 15.9 Å². The van der Waals surface area contributed by atoms with Crippen molar-refractivity contribution in [3.8, 4) is 0 Å². The zero-order chi connectivity index (χ0) is 14.7. The van der Waals surface area contributed by atoms with E-state index in [0.29, 0.717) is 10.0 Å². The first-order valence-electron chi connectivity index (χ1n) is 5.74. The van der Waals surface area contributed by atoms with Gasteiger partial charge in [0.15, 0.2) is 0 Å². The van der Waals surface area contributed by atoms with Gasteiger partial charge in [-0.15, -0.1) is 0 Å². The second-order valence-electron chi connectivity index (χ2n) is 4.13. The van der Waals surface area contributed by atoms with Gasteiger partial charge in [0.2, 0.25) is 5.91 Å². The number of nitrogens with one attached hydrogen (secondary N) is 1. The molecule has 20 heavy (non-hydrogen) atoms. The van der Waals surface area contributed by atoms with Gasteiger partial charge in [0.1, 0.15) is 17.7 Å². The summed E-state index contributed by atoms with van der Waals surface area (Å²) < 4.78 is 27.4. The normalized spacial score (nSPS) is 11.9. The molecule has 0 spiro atoms. The molecule has 2 aromatic carbocycles. The lowest BCUT2D eigenvalue weighted by molar-refractivity contribution is -0.118. The number of anilines is 1. The Morgan fingerprint density at radius 1 is 1.20 bits per heavy atom. The molecule has 0 aliphatic heterocycles. The van der Waals surface area contributed by atoms with E-state index in [1.54, 1.807) is 6.07 Å². The molecule has 0 aliphatic carbocycles. The van der Waals surface area contributed by atoms with Crippen molar-refractivity contribution in [2.75, 3.05) is 5.32 Å². The van der Waals surface area contributed by atoms with E-state index >= 15 is 0 Å². The second kappa shape index (κ2) is 6.00. The van der Waals surface area contributed by atoms with E-state index in [9.17, 15) is 13.6 Å². The van der Waals surface area contributed by atoms with Gasteiger partial charge in [-0.2, -0.15) is 0 Å². The van der Waals surface area contributed by atoms with Gasteiger partial charge in [-0.1, -0.05) is 28.1 Å². The molecular formula is C14H11BrF2N2O. The van der Waals surface area contributed by atoms with Crippen LogP contribution < -0.4 is 11.1 Å². The van der Waals surface area contributed by atoms with Gasteiger partial charge in [-0.25, -0.2) is 8.78 Å². The topological polar surface area (TPSA) is 55.1 Å². The summed E-state index contributed by atoms with van der Waals surface area (Å²) in [5, 5.41) is 2.68. The Morgan fingerprint density at radius 2 is 1.90 bits per heavy atom. The fourth-order valence-corrected chi connectivity index (χ4v) is 2.25. The summed E-state index contributed by atoms with van der Waals surface area (Å²) in [5.74, 6) is -1.77. The van der Waals surface area contributed by atoms with E-state index < -0.39 is 23.6 Å². The van der Waals surface area contributed by atoms with Crippen molar-refractivity contribution >= 4 is 27.5 Å². The Morgan fingerprint density at radius 3 is 2.55 bits per heavy atom. The Balaban J connectivity index is 2.40. The highest BCUT2D eigenvalue weighted by atomic mass is 79.9. The minimum absolute atomic E-state index is 0.118. The summed E-state index contributed by atoms with van der Waals surface area (Å²) in [6.45, 7) is 0. The molecule has 0 fully saturated rings. The van der Waals surface area contributed by atoms with Crippen molar-refractivity contribution in [3.05, 3.63) is 64.1 Å². The smallest absolute Gasteiger partial charge is 0.244 e. The quantitative estimate of drug-likeness (QED) is 0.896. The van der Waals surface area contributed by atoms with Gasteiger partial charge < -0.3 is 11.1 Å². The zero-order valence-electron chi connectivity index (χ0n) is 10.2. The monoisotopic (exact) mass is 340 g/mol. The van der Waals surface area contributed by atoms with E-state index in [4.69, 9.17) is 5.73 Å². The first-order valence-corrected chi connectivity index (χ1v) is 6.53. The third-order valence-corrected chi connectivity index (χ3v) is 3.45. The van der Waals surface area contributed by atoms with Crippen LogP contribution in [-0.4, -0.2) is 5.91 Å². The van der Waals surface area contributed by atoms with E-state index in [2.05, 4.69) is 21.2 Å². The average Bonchev–Trinajstić information content (AvgIpc) is 2.40. The maximum absolute atomic E-state index is 13.6. The molecule has 0 bridgehead atoms. The number of carbonyl (C=O) groups excluding carboxylic acids is 1. The molecule has 0 aliphatic rings. The van der Waals surface area contributed by atoms with Crippen LogP contribution in [0.25, 0.3) is 0 Å². The summed E-state index contributed by atoms with van der Waals surface area (Å²) in [6, 6.07) is 8.70. The summed E-state index contributed by atoms with van der Waals surface area (Å²) >= 11 is 3.22. The van der Waals surface area contributed by atoms with Crippen LogP contribution in [0.4, 0.5) is 14.5 Å². The Kier molecular flexibility index (Phi) is 4.34. The van der Waals surface area contributed by atoms with E-state index in [0.717, 1.165) is 0 Å². The predicted octanol–water partition coefficient (Wildman–Crippen LogP) is 3.37. The van der Waals surface area contributed by atoms with E-state index in [-0.39, 0.29) is 5.69 Å². The molecule has 6 heteroatoms. The highest BCUT2D eigenvalue weighted by Gasteiger charge is 2.21. The number of primary amides is 1. The SMILES string of the molecule is NC(=O)C(Nc1ccccc1F)c1cc(F)ccc1Br. The van der Waals surface area contributed by atoms with E-state index in [1.165, 1.54) is 36.4 Å². The standard InChI is InChI=1S/C14H11BrF2N2O/c15-10-6-5-8(16)7-9(10)13(14(18)20)19-12-4-2-1-3-11(12)17/h1-7,13,19H,(H2,18,20). The summed E-state index contributed by atoms with van der Waals surface area (Å²) in [6.07, 6.45) is 0. The molecule has 0 saturated heterocycles. The zero-order valence-corrected chi connectivity index (χ0v) is 11.8. The molecule has 3 N–H and O–H groups in total. The number of para-hydroxylation sites is 1. The number of halogens is 3. The summed E-state index contributed by atoms with van der Waals surface area (Å²) in [7, 11) is 0. The van der Waals surface area contributed by atoms with Crippen molar-refractivity contribution in [3.63, 3.8) is 0 Å². The van der Waals surface area contributed by atoms with Gasteiger partial charge in [0.05, 0.1) is 5.69 Å². The molecule has 104 valence electrons. The molecule has 1 unspecified atom stereocenters. The molecule has 1 amide bonds. The molecular weight excluding hydrogens is 330 g/mol. The van der Waals surface area contributed by atoms with Crippen molar-refractivity contribution < 1.29 is 13.6 Å². The molecule has 0 aromatic heterocycles. The first kappa shape index (κ1) is 14.5. The van der Waals surface area contributed by atoms with Crippen molar-refractivity contribution in [2.24, 2.45) is 5.73 Å². The lowest BCUT2D eigenvalue weighted by atomic mass is 10.1. The predicted molar refractivity (Wildman–Crippen MR) is 76.1 cm³/mol. The van der Waals surface area contributed by atoms with Crippen LogP contribution in [0, 0.1) is 11.6 Å². The number of rotatable bonds is 4. The highest BCUT2D eigenvalue weighted by molar-refractivity contribution is 9.10. The number of benzene rings is 2. The number of hydrogen-bond acceptors (Lipinski definition) is 2. The third-order valence-electron chi connectivity index (χ3n) is 2.73. The minimum Gasteiger partial charge on any atom is -0.368 e. The van der Waals surface area contributed by atoms with E-state index in [1.807, 2.05) is 0 Å².